The summed E-state index contributed by atoms with van der Waals surface area (Å²) >= 11 is 0. The van der Waals surface area contributed by atoms with E-state index < -0.39 is 23.7 Å². The molecule has 0 radical (unpaired) electrons. The number of pyridine rings is 1. The van der Waals surface area contributed by atoms with Crippen molar-refractivity contribution in [3.05, 3.63) is 69.6 Å². The molecule has 0 saturated heterocycles. The maximum atomic E-state index is 12.5. The Hall–Kier alpha value is -2.57. The van der Waals surface area contributed by atoms with Crippen molar-refractivity contribution < 1.29 is 18.0 Å². The van der Waals surface area contributed by atoms with Gasteiger partial charge in [0, 0.05) is 12.3 Å². The minimum absolute atomic E-state index is 0.262. The Morgan fingerprint density at radius 3 is 2.27 bits per heavy atom. The Morgan fingerprint density at radius 2 is 1.77 bits per heavy atom. The number of hydrogen-bond donors (Lipinski definition) is 2. The number of aromatic amines is 1. The van der Waals surface area contributed by atoms with E-state index in [1.54, 1.807) is 6.92 Å². The summed E-state index contributed by atoms with van der Waals surface area (Å²) < 4.78 is 37.5. The number of aromatic nitrogens is 1. The topological polar surface area (TPSA) is 62.0 Å². The molecule has 1 heterocycles. The summed E-state index contributed by atoms with van der Waals surface area (Å²) in [5.74, 6) is -0.427. The Kier molecular flexibility index (Phi) is 4.35. The van der Waals surface area contributed by atoms with Crippen LogP contribution in [0.25, 0.3) is 0 Å². The van der Waals surface area contributed by atoms with E-state index in [1.807, 2.05) is 0 Å². The van der Waals surface area contributed by atoms with E-state index in [4.69, 9.17) is 0 Å². The first kappa shape index (κ1) is 15.8. The standard InChI is InChI=1S/C15H13F3N2O2/c1-9(10-2-5-12(6-3-10)15(16,17)18)20-14(22)11-4-7-13(21)19-8-11/h2-9H,1H3,(H,19,21)(H,20,22)/t9-/m1/s1. The van der Waals surface area contributed by atoms with Crippen molar-refractivity contribution in [2.45, 2.75) is 19.1 Å². The smallest absolute Gasteiger partial charge is 0.345 e. The molecule has 22 heavy (non-hydrogen) atoms. The van der Waals surface area contributed by atoms with Gasteiger partial charge in [0.05, 0.1) is 17.2 Å². The van der Waals surface area contributed by atoms with Crippen molar-refractivity contribution in [3.63, 3.8) is 0 Å². The molecule has 4 nitrogen and oxygen atoms in total. The van der Waals surface area contributed by atoms with E-state index in [1.165, 1.54) is 30.5 Å². The fraction of sp³-hybridized carbons (Fsp3) is 0.200. The van der Waals surface area contributed by atoms with Gasteiger partial charge in [0.2, 0.25) is 5.56 Å². The quantitative estimate of drug-likeness (QED) is 0.915. The lowest BCUT2D eigenvalue weighted by Gasteiger charge is -2.15. The van der Waals surface area contributed by atoms with Crippen LogP contribution in [0.3, 0.4) is 0 Å². The van der Waals surface area contributed by atoms with Crippen LogP contribution in [0, 0.1) is 0 Å². The first-order chi connectivity index (χ1) is 10.3. The van der Waals surface area contributed by atoms with Gasteiger partial charge >= 0.3 is 6.18 Å². The molecule has 1 aromatic carbocycles. The molecule has 7 heteroatoms. The van der Waals surface area contributed by atoms with Crippen LogP contribution in [0.2, 0.25) is 0 Å². The third-order valence-electron chi connectivity index (χ3n) is 3.13. The lowest BCUT2D eigenvalue weighted by molar-refractivity contribution is -0.137. The highest BCUT2D eigenvalue weighted by molar-refractivity contribution is 5.94. The molecule has 0 bridgehead atoms. The number of H-pyrrole nitrogens is 1. The maximum Gasteiger partial charge on any atom is 0.416 e. The number of halogens is 3. The monoisotopic (exact) mass is 310 g/mol. The zero-order valence-corrected chi connectivity index (χ0v) is 11.6. The molecular weight excluding hydrogens is 297 g/mol. The maximum absolute atomic E-state index is 12.5. The normalized spacial score (nSPS) is 12.7. The molecule has 1 atom stereocenters. The zero-order chi connectivity index (χ0) is 16.3. The second-order valence-electron chi connectivity index (χ2n) is 4.76. The summed E-state index contributed by atoms with van der Waals surface area (Å²) in [6, 6.07) is 6.70. The van der Waals surface area contributed by atoms with E-state index in [-0.39, 0.29) is 11.1 Å². The fourth-order valence-electron chi connectivity index (χ4n) is 1.88. The highest BCUT2D eigenvalue weighted by Crippen LogP contribution is 2.29. The molecule has 116 valence electrons. The van der Waals surface area contributed by atoms with E-state index in [2.05, 4.69) is 10.3 Å². The number of alkyl halides is 3. The number of carbonyl (C=O) groups excluding carboxylic acids is 1. The van der Waals surface area contributed by atoms with Gasteiger partial charge in [-0.05, 0) is 30.7 Å². The van der Waals surface area contributed by atoms with Crippen molar-refractivity contribution in [1.29, 1.82) is 0 Å². The van der Waals surface area contributed by atoms with Crippen molar-refractivity contribution in [1.82, 2.24) is 10.3 Å². The largest absolute Gasteiger partial charge is 0.416 e. The van der Waals surface area contributed by atoms with Gasteiger partial charge in [0.25, 0.3) is 5.91 Å². The minimum atomic E-state index is -4.39. The van der Waals surface area contributed by atoms with Gasteiger partial charge in [-0.1, -0.05) is 12.1 Å². The third-order valence-corrected chi connectivity index (χ3v) is 3.13. The summed E-state index contributed by atoms with van der Waals surface area (Å²) in [7, 11) is 0. The molecule has 1 amide bonds. The number of benzene rings is 1. The molecule has 1 aromatic heterocycles. The average molecular weight is 310 g/mol. The number of carbonyl (C=O) groups is 1. The van der Waals surface area contributed by atoms with Gasteiger partial charge in [-0.25, -0.2) is 0 Å². The van der Waals surface area contributed by atoms with E-state index >= 15 is 0 Å². The molecule has 2 aromatic rings. The van der Waals surface area contributed by atoms with Crippen LogP contribution in [-0.4, -0.2) is 10.9 Å². The third kappa shape index (κ3) is 3.75. The number of nitrogens with one attached hydrogen (secondary N) is 2. The van der Waals surface area contributed by atoms with Crippen LogP contribution < -0.4 is 10.9 Å². The van der Waals surface area contributed by atoms with Gasteiger partial charge < -0.3 is 10.3 Å². The Labute approximate surface area is 124 Å². The summed E-state index contributed by atoms with van der Waals surface area (Å²) in [6.45, 7) is 1.66. The van der Waals surface area contributed by atoms with Crippen molar-refractivity contribution >= 4 is 5.91 Å². The number of hydrogen-bond acceptors (Lipinski definition) is 2. The SMILES string of the molecule is C[C@@H](NC(=O)c1ccc(=O)[nH]c1)c1ccc(C(F)(F)F)cc1. The van der Waals surface area contributed by atoms with E-state index in [0.717, 1.165) is 12.1 Å². The summed E-state index contributed by atoms with van der Waals surface area (Å²) in [5.41, 5.74) is -0.258. The predicted octanol–water partition coefficient (Wildman–Crippen LogP) is 2.88. The van der Waals surface area contributed by atoms with Crippen molar-refractivity contribution in [3.8, 4) is 0 Å². The lowest BCUT2D eigenvalue weighted by Crippen LogP contribution is -2.27. The Morgan fingerprint density at radius 1 is 1.14 bits per heavy atom. The summed E-state index contributed by atoms with van der Waals surface area (Å²) in [6.07, 6.45) is -3.11. The molecular formula is C15H13F3N2O2. The second-order valence-corrected chi connectivity index (χ2v) is 4.76. The summed E-state index contributed by atoms with van der Waals surface area (Å²) in [4.78, 5) is 25.3. The highest BCUT2D eigenvalue weighted by Gasteiger charge is 2.30. The molecule has 0 unspecified atom stereocenters. The van der Waals surface area contributed by atoms with Gasteiger partial charge in [0.15, 0.2) is 0 Å². The van der Waals surface area contributed by atoms with Crippen LogP contribution in [0.4, 0.5) is 13.2 Å². The number of rotatable bonds is 3. The Balaban J connectivity index is 2.08. The second kappa shape index (κ2) is 6.05. The molecule has 2 rings (SSSR count). The molecule has 0 aliphatic heterocycles. The van der Waals surface area contributed by atoms with Crippen molar-refractivity contribution in [2.75, 3.05) is 0 Å². The minimum Gasteiger partial charge on any atom is -0.345 e. The molecule has 2 N–H and O–H groups in total. The van der Waals surface area contributed by atoms with E-state index in [0.29, 0.717) is 5.56 Å². The molecule has 0 fully saturated rings. The molecule has 0 saturated carbocycles. The van der Waals surface area contributed by atoms with Crippen LogP contribution in [0.15, 0.2) is 47.4 Å². The fourth-order valence-corrected chi connectivity index (χ4v) is 1.88. The highest BCUT2D eigenvalue weighted by atomic mass is 19.4. The number of amides is 1. The molecule has 0 spiro atoms. The first-order valence-corrected chi connectivity index (χ1v) is 6.44. The van der Waals surface area contributed by atoms with Crippen LogP contribution in [0.5, 0.6) is 0 Å². The van der Waals surface area contributed by atoms with Gasteiger partial charge in [-0.3, -0.25) is 9.59 Å². The van der Waals surface area contributed by atoms with E-state index in [9.17, 15) is 22.8 Å². The summed E-state index contributed by atoms with van der Waals surface area (Å²) in [5, 5.41) is 2.65. The van der Waals surface area contributed by atoms with Gasteiger partial charge in [-0.15, -0.1) is 0 Å². The van der Waals surface area contributed by atoms with Crippen molar-refractivity contribution in [2.24, 2.45) is 0 Å². The average Bonchev–Trinajstić information content (AvgIpc) is 2.47. The lowest BCUT2D eigenvalue weighted by atomic mass is 10.1. The van der Waals surface area contributed by atoms with Gasteiger partial charge in [0.1, 0.15) is 0 Å². The molecule has 0 aliphatic carbocycles. The van der Waals surface area contributed by atoms with Crippen LogP contribution in [0.1, 0.15) is 34.5 Å². The predicted molar refractivity (Wildman–Crippen MR) is 74.4 cm³/mol. The Bertz CT molecular complexity index is 700. The van der Waals surface area contributed by atoms with Crippen LogP contribution in [-0.2, 0) is 6.18 Å². The van der Waals surface area contributed by atoms with Crippen LogP contribution >= 0.6 is 0 Å². The molecule has 0 aliphatic rings. The zero-order valence-electron chi connectivity index (χ0n) is 11.6. The van der Waals surface area contributed by atoms with Gasteiger partial charge in [-0.2, -0.15) is 13.2 Å². The first-order valence-electron chi connectivity index (χ1n) is 6.44.